The van der Waals surface area contributed by atoms with Gasteiger partial charge in [-0.15, -0.1) is 11.3 Å². The van der Waals surface area contributed by atoms with Crippen molar-refractivity contribution in [2.24, 2.45) is 0 Å². The molecule has 3 aromatic rings. The standard InChI is InChI=1S/C27H33N7O7S/c1-27(2,3)41-26(37)20-16-42-25(31-20)17-6-9-28-18(14-17)4-5-22(35)29-10-11-30-24(36)23-21(34(38)39)15-33(32-23)19-7-12-40-13-8-19/h6,9,14-16,19H,4-5,7-8,10-13H2,1-3H3,(H,29,35)(H,30,36). The molecule has 2 N–H and O–H groups in total. The van der Waals surface area contributed by atoms with Crippen LogP contribution in [-0.2, 0) is 20.7 Å². The lowest BCUT2D eigenvalue weighted by atomic mass is 10.1. The molecule has 0 atom stereocenters. The minimum Gasteiger partial charge on any atom is -0.455 e. The van der Waals surface area contributed by atoms with Crippen LogP contribution in [0.15, 0.2) is 29.9 Å². The Hall–Kier alpha value is -4.24. The predicted molar refractivity (Wildman–Crippen MR) is 152 cm³/mol. The molecule has 14 nitrogen and oxygen atoms in total. The lowest BCUT2D eigenvalue weighted by Gasteiger charge is -2.21. The summed E-state index contributed by atoms with van der Waals surface area (Å²) in [6.45, 7) is 6.64. The highest BCUT2D eigenvalue weighted by Gasteiger charge is 2.28. The van der Waals surface area contributed by atoms with E-state index in [2.05, 4.69) is 25.7 Å². The number of nitrogens with zero attached hydrogens (tertiary/aromatic N) is 5. The van der Waals surface area contributed by atoms with Crippen molar-refractivity contribution in [2.45, 2.75) is 58.1 Å². The van der Waals surface area contributed by atoms with Gasteiger partial charge in [0, 0.05) is 55.6 Å². The van der Waals surface area contributed by atoms with Crippen molar-refractivity contribution in [2.75, 3.05) is 26.3 Å². The molecule has 42 heavy (non-hydrogen) atoms. The van der Waals surface area contributed by atoms with E-state index in [1.165, 1.54) is 22.2 Å². The molecule has 1 aliphatic rings. The van der Waals surface area contributed by atoms with Crippen molar-refractivity contribution in [3.05, 3.63) is 57.1 Å². The van der Waals surface area contributed by atoms with Crippen LogP contribution >= 0.6 is 11.3 Å². The number of nitro groups is 1. The summed E-state index contributed by atoms with van der Waals surface area (Å²) < 4.78 is 12.1. The molecule has 0 radical (unpaired) electrons. The lowest BCUT2D eigenvalue weighted by Crippen LogP contribution is -2.35. The molecule has 0 saturated carbocycles. The Morgan fingerprint density at radius 1 is 1.21 bits per heavy atom. The normalized spacial score (nSPS) is 13.9. The first-order valence-electron chi connectivity index (χ1n) is 13.5. The van der Waals surface area contributed by atoms with E-state index in [0.717, 1.165) is 5.56 Å². The third-order valence-corrected chi connectivity index (χ3v) is 7.10. The Morgan fingerprint density at radius 3 is 2.67 bits per heavy atom. The van der Waals surface area contributed by atoms with Crippen molar-refractivity contribution in [1.82, 2.24) is 30.4 Å². The first-order valence-corrected chi connectivity index (χ1v) is 14.4. The second kappa shape index (κ2) is 13.6. The average Bonchev–Trinajstić information content (AvgIpc) is 3.63. The van der Waals surface area contributed by atoms with Gasteiger partial charge in [-0.25, -0.2) is 9.78 Å². The van der Waals surface area contributed by atoms with Crippen LogP contribution in [0.25, 0.3) is 10.6 Å². The van der Waals surface area contributed by atoms with Gasteiger partial charge in [0.05, 0.1) is 11.0 Å². The van der Waals surface area contributed by atoms with Gasteiger partial charge in [-0.2, -0.15) is 5.10 Å². The van der Waals surface area contributed by atoms with Crippen LogP contribution in [0.5, 0.6) is 0 Å². The second-order valence-corrected chi connectivity index (χ2v) is 11.5. The number of aryl methyl sites for hydroxylation is 1. The zero-order chi connectivity index (χ0) is 30.3. The SMILES string of the molecule is CC(C)(C)OC(=O)c1csc(-c2ccnc(CCC(=O)NCCNC(=O)c3nn(C4CCOCC4)cc3[N+](=O)[O-])c2)n1. The number of hydrogen-bond donors (Lipinski definition) is 2. The number of nitrogens with one attached hydrogen (secondary N) is 2. The molecule has 15 heteroatoms. The maximum Gasteiger partial charge on any atom is 0.358 e. The van der Waals surface area contributed by atoms with E-state index < -0.39 is 22.4 Å². The minimum absolute atomic E-state index is 0.0650. The zero-order valence-electron chi connectivity index (χ0n) is 23.6. The van der Waals surface area contributed by atoms with Crippen molar-refractivity contribution in [1.29, 1.82) is 0 Å². The summed E-state index contributed by atoms with van der Waals surface area (Å²) in [4.78, 5) is 56.8. The number of amides is 2. The predicted octanol–water partition coefficient (Wildman–Crippen LogP) is 3.10. The Kier molecular flexibility index (Phi) is 9.96. The fourth-order valence-electron chi connectivity index (χ4n) is 4.18. The molecule has 0 aliphatic carbocycles. The summed E-state index contributed by atoms with van der Waals surface area (Å²) in [6, 6.07) is 3.53. The van der Waals surface area contributed by atoms with Crippen molar-refractivity contribution >= 4 is 34.8 Å². The van der Waals surface area contributed by atoms with Crippen LogP contribution in [-0.4, -0.2) is 74.4 Å². The summed E-state index contributed by atoms with van der Waals surface area (Å²) in [5, 5.41) is 23.2. The third-order valence-electron chi connectivity index (χ3n) is 6.21. The van der Waals surface area contributed by atoms with Gasteiger partial charge in [-0.1, -0.05) is 0 Å². The fourth-order valence-corrected chi connectivity index (χ4v) is 4.97. The summed E-state index contributed by atoms with van der Waals surface area (Å²) in [6.07, 6.45) is 4.75. The number of thiazole rings is 1. The van der Waals surface area contributed by atoms with Crippen LogP contribution in [0.4, 0.5) is 5.69 Å². The van der Waals surface area contributed by atoms with E-state index in [0.29, 0.717) is 43.2 Å². The quantitative estimate of drug-likeness (QED) is 0.144. The molecule has 0 spiro atoms. The van der Waals surface area contributed by atoms with Gasteiger partial charge in [-0.05, 0) is 52.2 Å². The molecule has 2 amide bonds. The van der Waals surface area contributed by atoms with Crippen molar-refractivity contribution in [3.63, 3.8) is 0 Å². The molecule has 1 fully saturated rings. The monoisotopic (exact) mass is 599 g/mol. The van der Waals surface area contributed by atoms with E-state index in [9.17, 15) is 24.5 Å². The number of hydrogen-bond acceptors (Lipinski definition) is 11. The Labute approximate surface area is 246 Å². The molecular weight excluding hydrogens is 566 g/mol. The summed E-state index contributed by atoms with van der Waals surface area (Å²) in [5.41, 5.74) is 0.441. The summed E-state index contributed by atoms with van der Waals surface area (Å²) >= 11 is 1.31. The van der Waals surface area contributed by atoms with E-state index >= 15 is 0 Å². The summed E-state index contributed by atoms with van der Waals surface area (Å²) in [7, 11) is 0. The van der Waals surface area contributed by atoms with Crippen LogP contribution in [0, 0.1) is 10.1 Å². The molecule has 4 heterocycles. The highest BCUT2D eigenvalue weighted by atomic mass is 32.1. The number of pyridine rings is 1. The van der Waals surface area contributed by atoms with Crippen LogP contribution in [0.2, 0.25) is 0 Å². The number of rotatable bonds is 11. The maximum atomic E-state index is 12.6. The fraction of sp³-hybridized carbons (Fsp3) is 0.481. The van der Waals surface area contributed by atoms with Crippen LogP contribution < -0.4 is 10.6 Å². The van der Waals surface area contributed by atoms with Crippen molar-refractivity contribution in [3.8, 4) is 10.6 Å². The molecule has 224 valence electrons. The first-order chi connectivity index (χ1) is 20.0. The Morgan fingerprint density at radius 2 is 1.95 bits per heavy atom. The van der Waals surface area contributed by atoms with Gasteiger partial charge in [0.25, 0.3) is 5.91 Å². The number of carbonyl (C=O) groups excluding carboxylic acids is 3. The lowest BCUT2D eigenvalue weighted by molar-refractivity contribution is -0.385. The van der Waals surface area contributed by atoms with E-state index in [4.69, 9.17) is 9.47 Å². The first kappa shape index (κ1) is 30.7. The Bertz CT molecular complexity index is 1440. The molecule has 1 aliphatic heterocycles. The molecule has 3 aromatic heterocycles. The molecule has 4 rings (SSSR count). The van der Waals surface area contributed by atoms with E-state index in [1.54, 1.807) is 38.4 Å². The van der Waals surface area contributed by atoms with Gasteiger partial charge >= 0.3 is 11.7 Å². The van der Waals surface area contributed by atoms with Gasteiger partial charge in [0.2, 0.25) is 11.6 Å². The highest BCUT2D eigenvalue weighted by molar-refractivity contribution is 7.13. The molecule has 0 bridgehead atoms. The summed E-state index contributed by atoms with van der Waals surface area (Å²) in [5.74, 6) is -1.41. The molecular formula is C27H33N7O7S. The average molecular weight is 600 g/mol. The van der Waals surface area contributed by atoms with E-state index in [-0.39, 0.29) is 48.5 Å². The highest BCUT2D eigenvalue weighted by Crippen LogP contribution is 2.26. The largest absolute Gasteiger partial charge is 0.455 e. The topological polar surface area (TPSA) is 180 Å². The molecule has 1 saturated heterocycles. The van der Waals surface area contributed by atoms with E-state index in [1.807, 2.05) is 6.07 Å². The van der Waals surface area contributed by atoms with Gasteiger partial charge in [-0.3, -0.25) is 29.4 Å². The van der Waals surface area contributed by atoms with Crippen LogP contribution in [0.1, 0.15) is 72.7 Å². The van der Waals surface area contributed by atoms with Gasteiger partial charge < -0.3 is 20.1 Å². The smallest absolute Gasteiger partial charge is 0.358 e. The van der Waals surface area contributed by atoms with Crippen LogP contribution in [0.3, 0.4) is 0 Å². The maximum absolute atomic E-state index is 12.6. The number of aromatic nitrogens is 4. The van der Waals surface area contributed by atoms with Gasteiger partial charge in [0.15, 0.2) is 5.69 Å². The molecule has 0 unspecified atom stereocenters. The minimum atomic E-state index is -0.681. The number of carbonyl (C=O) groups is 3. The Balaban J connectivity index is 1.23. The second-order valence-electron chi connectivity index (χ2n) is 10.6. The third kappa shape index (κ3) is 8.39. The number of esters is 1. The molecule has 0 aromatic carbocycles. The zero-order valence-corrected chi connectivity index (χ0v) is 24.4. The number of ether oxygens (including phenoxy) is 2. The van der Waals surface area contributed by atoms with Crippen molar-refractivity contribution < 1.29 is 28.8 Å². The van der Waals surface area contributed by atoms with Gasteiger partial charge in [0.1, 0.15) is 16.8 Å².